The minimum atomic E-state index is -0.175. The van der Waals surface area contributed by atoms with Crippen LogP contribution in [0.4, 0.5) is 0 Å². The number of aryl methyl sites for hydroxylation is 1. The van der Waals surface area contributed by atoms with E-state index in [-0.39, 0.29) is 18.7 Å². The van der Waals surface area contributed by atoms with Crippen LogP contribution in [0.25, 0.3) is 0 Å². The molecule has 0 saturated heterocycles. The Morgan fingerprint density at radius 2 is 2.23 bits per heavy atom. The number of esters is 1. The molecule has 5 heteroatoms. The zero-order valence-electron chi connectivity index (χ0n) is 13.4. The van der Waals surface area contributed by atoms with Crippen LogP contribution in [0.1, 0.15) is 44.6 Å². The number of hydrogen-bond donors (Lipinski definition) is 1. The maximum absolute atomic E-state index is 11.4. The van der Waals surface area contributed by atoms with Crippen LogP contribution in [0, 0.1) is 0 Å². The summed E-state index contributed by atoms with van der Waals surface area (Å²) in [6.45, 7) is 2.87. The molecule has 0 aliphatic rings. The highest BCUT2D eigenvalue weighted by Crippen LogP contribution is 2.13. The van der Waals surface area contributed by atoms with Gasteiger partial charge in [-0.25, -0.2) is 0 Å². The molecule has 0 bridgehead atoms. The quantitative estimate of drug-likeness (QED) is 0.474. The molecule has 1 rings (SSSR count). The average molecular weight is 309 g/mol. The van der Waals surface area contributed by atoms with E-state index in [4.69, 9.17) is 14.6 Å². The molecule has 0 aromatic carbocycles. The Bertz CT molecular complexity index is 397. The second kappa shape index (κ2) is 12.1. The summed E-state index contributed by atoms with van der Waals surface area (Å²) in [5, 5.41) is 8.83. The summed E-state index contributed by atoms with van der Waals surface area (Å²) in [4.78, 5) is 15.5. The van der Waals surface area contributed by atoms with Gasteiger partial charge in [-0.3, -0.25) is 9.78 Å². The minimum absolute atomic E-state index is 0.0348. The van der Waals surface area contributed by atoms with E-state index in [1.54, 1.807) is 13.1 Å². The van der Waals surface area contributed by atoms with Crippen molar-refractivity contribution in [2.75, 3.05) is 19.8 Å². The second-order valence-electron chi connectivity index (χ2n) is 5.17. The molecule has 1 heterocycles. The lowest BCUT2D eigenvalue weighted by Gasteiger charge is -2.17. The van der Waals surface area contributed by atoms with Gasteiger partial charge >= 0.3 is 5.97 Å². The van der Waals surface area contributed by atoms with E-state index in [9.17, 15) is 4.79 Å². The highest BCUT2D eigenvalue weighted by Gasteiger charge is 2.12. The van der Waals surface area contributed by atoms with Gasteiger partial charge < -0.3 is 14.6 Å². The Morgan fingerprint density at radius 3 is 2.91 bits per heavy atom. The van der Waals surface area contributed by atoms with E-state index in [0.717, 1.165) is 19.3 Å². The topological polar surface area (TPSA) is 68.7 Å². The predicted octanol–water partition coefficient (Wildman–Crippen LogP) is 2.52. The van der Waals surface area contributed by atoms with Gasteiger partial charge in [0.1, 0.15) is 0 Å². The van der Waals surface area contributed by atoms with Crippen molar-refractivity contribution in [2.24, 2.45) is 0 Å². The van der Waals surface area contributed by atoms with Gasteiger partial charge in [0.15, 0.2) is 0 Å². The summed E-state index contributed by atoms with van der Waals surface area (Å²) < 4.78 is 10.7. The molecule has 0 aliphatic heterocycles. The number of ether oxygens (including phenoxy) is 2. The van der Waals surface area contributed by atoms with Crippen molar-refractivity contribution in [3.05, 3.63) is 30.1 Å². The van der Waals surface area contributed by atoms with Crippen molar-refractivity contribution < 1.29 is 19.4 Å². The molecule has 22 heavy (non-hydrogen) atoms. The van der Waals surface area contributed by atoms with Gasteiger partial charge in [-0.1, -0.05) is 6.07 Å². The van der Waals surface area contributed by atoms with Gasteiger partial charge in [0.2, 0.25) is 0 Å². The summed E-state index contributed by atoms with van der Waals surface area (Å²) in [6, 6.07) is 4.00. The third-order valence-corrected chi connectivity index (χ3v) is 3.35. The first kappa shape index (κ1) is 18.6. The van der Waals surface area contributed by atoms with Gasteiger partial charge in [0.25, 0.3) is 0 Å². The Kier molecular flexibility index (Phi) is 10.2. The molecule has 0 saturated carbocycles. The van der Waals surface area contributed by atoms with Crippen LogP contribution in [-0.2, 0) is 20.7 Å². The molecule has 1 aromatic heterocycles. The maximum atomic E-state index is 11.4. The highest BCUT2D eigenvalue weighted by molar-refractivity contribution is 5.69. The van der Waals surface area contributed by atoms with E-state index in [0.29, 0.717) is 32.5 Å². The van der Waals surface area contributed by atoms with Crippen LogP contribution in [0.3, 0.4) is 0 Å². The maximum Gasteiger partial charge on any atom is 0.305 e. The molecule has 124 valence electrons. The lowest BCUT2D eigenvalue weighted by molar-refractivity contribution is -0.144. The molecule has 0 aliphatic carbocycles. The van der Waals surface area contributed by atoms with E-state index < -0.39 is 0 Å². The normalized spacial score (nSPS) is 12.1. The zero-order valence-corrected chi connectivity index (χ0v) is 13.4. The standard InChI is InChI=1S/C17H27NO4/c1-2-21-17(20)10-9-16(22-13-5-12-19)8-3-6-15-7-4-11-18-14-15/h4,7,11,14,16,19H,2-3,5-6,8-10,12-13H2,1H3. The van der Waals surface area contributed by atoms with Crippen molar-refractivity contribution in [3.8, 4) is 0 Å². The first-order valence-electron chi connectivity index (χ1n) is 8.03. The summed E-state index contributed by atoms with van der Waals surface area (Å²) in [6.07, 6.45) is 8.17. The van der Waals surface area contributed by atoms with E-state index >= 15 is 0 Å². The van der Waals surface area contributed by atoms with Crippen molar-refractivity contribution in [1.29, 1.82) is 0 Å². The van der Waals surface area contributed by atoms with Crippen LogP contribution >= 0.6 is 0 Å². The number of aliphatic hydroxyl groups is 1. The van der Waals surface area contributed by atoms with Gasteiger partial charge in [-0.2, -0.15) is 0 Å². The average Bonchev–Trinajstić information content (AvgIpc) is 2.53. The van der Waals surface area contributed by atoms with E-state index in [1.807, 2.05) is 12.3 Å². The van der Waals surface area contributed by atoms with Crippen molar-refractivity contribution in [2.45, 2.75) is 51.6 Å². The monoisotopic (exact) mass is 309 g/mol. The number of aromatic nitrogens is 1. The van der Waals surface area contributed by atoms with Gasteiger partial charge in [0, 0.05) is 32.0 Å². The molecule has 5 nitrogen and oxygen atoms in total. The Balaban J connectivity index is 2.31. The smallest absolute Gasteiger partial charge is 0.305 e. The number of pyridine rings is 1. The van der Waals surface area contributed by atoms with Crippen LogP contribution < -0.4 is 0 Å². The Labute approximate surface area is 132 Å². The number of hydrogen-bond acceptors (Lipinski definition) is 5. The van der Waals surface area contributed by atoms with Gasteiger partial charge in [0.05, 0.1) is 12.7 Å². The molecule has 0 fully saturated rings. The summed E-state index contributed by atoms with van der Waals surface area (Å²) in [5.41, 5.74) is 1.21. The largest absolute Gasteiger partial charge is 0.466 e. The number of aliphatic hydroxyl groups excluding tert-OH is 1. The van der Waals surface area contributed by atoms with Crippen LogP contribution in [0.2, 0.25) is 0 Å². The first-order chi connectivity index (χ1) is 10.8. The molecule has 0 radical (unpaired) electrons. The van der Waals surface area contributed by atoms with Gasteiger partial charge in [-0.05, 0) is 50.7 Å². The summed E-state index contributed by atoms with van der Waals surface area (Å²) >= 11 is 0. The number of rotatable bonds is 12. The fourth-order valence-electron chi connectivity index (χ4n) is 2.22. The number of carbonyl (C=O) groups excluding carboxylic acids is 1. The molecule has 1 aromatic rings. The second-order valence-corrected chi connectivity index (χ2v) is 5.17. The molecular formula is C17H27NO4. The molecule has 1 N–H and O–H groups in total. The molecule has 0 amide bonds. The van der Waals surface area contributed by atoms with Gasteiger partial charge in [-0.15, -0.1) is 0 Å². The zero-order chi connectivity index (χ0) is 16.0. The third-order valence-electron chi connectivity index (χ3n) is 3.35. The van der Waals surface area contributed by atoms with Crippen molar-refractivity contribution in [1.82, 2.24) is 4.98 Å². The highest BCUT2D eigenvalue weighted by atomic mass is 16.5. The molecule has 1 unspecified atom stereocenters. The van der Waals surface area contributed by atoms with Crippen LogP contribution in [0.15, 0.2) is 24.5 Å². The predicted molar refractivity (Wildman–Crippen MR) is 84.5 cm³/mol. The first-order valence-corrected chi connectivity index (χ1v) is 8.03. The van der Waals surface area contributed by atoms with E-state index in [1.165, 1.54) is 5.56 Å². The minimum Gasteiger partial charge on any atom is -0.466 e. The Hall–Kier alpha value is -1.46. The lowest BCUT2D eigenvalue weighted by Crippen LogP contribution is -2.17. The molecular weight excluding hydrogens is 282 g/mol. The third kappa shape index (κ3) is 8.74. The fraction of sp³-hybridized carbons (Fsp3) is 0.647. The van der Waals surface area contributed by atoms with Crippen molar-refractivity contribution >= 4 is 5.97 Å². The van der Waals surface area contributed by atoms with Crippen LogP contribution in [0.5, 0.6) is 0 Å². The molecule has 1 atom stereocenters. The number of carbonyl (C=O) groups is 1. The van der Waals surface area contributed by atoms with Crippen molar-refractivity contribution in [3.63, 3.8) is 0 Å². The summed E-state index contributed by atoms with van der Waals surface area (Å²) in [7, 11) is 0. The Morgan fingerprint density at radius 1 is 1.36 bits per heavy atom. The summed E-state index contributed by atoms with van der Waals surface area (Å²) in [5.74, 6) is -0.175. The lowest BCUT2D eigenvalue weighted by atomic mass is 10.0. The molecule has 0 spiro atoms. The fourth-order valence-corrected chi connectivity index (χ4v) is 2.22. The SMILES string of the molecule is CCOC(=O)CCC(CCCc1cccnc1)OCCCO. The number of nitrogens with zero attached hydrogens (tertiary/aromatic N) is 1. The van der Waals surface area contributed by atoms with Crippen LogP contribution in [-0.4, -0.2) is 42.0 Å². The van der Waals surface area contributed by atoms with E-state index in [2.05, 4.69) is 11.1 Å².